The molecule has 2 aromatic carbocycles. The number of hydrogen-bond donors (Lipinski definition) is 3. The van der Waals surface area contributed by atoms with Gasteiger partial charge < -0.3 is 20.6 Å². The van der Waals surface area contributed by atoms with E-state index in [0.29, 0.717) is 25.5 Å². The van der Waals surface area contributed by atoms with Crippen molar-refractivity contribution < 1.29 is 9.90 Å². The van der Waals surface area contributed by atoms with E-state index in [4.69, 9.17) is 0 Å². The van der Waals surface area contributed by atoms with Gasteiger partial charge in [0.25, 0.3) is 0 Å². The van der Waals surface area contributed by atoms with Crippen molar-refractivity contribution in [1.82, 2.24) is 10.6 Å². The molecule has 0 radical (unpaired) electrons. The number of para-hydroxylation sites is 1. The molecule has 170 valence electrons. The molecule has 1 atom stereocenters. The molecule has 0 spiro atoms. The molecule has 32 heavy (non-hydrogen) atoms. The van der Waals surface area contributed by atoms with Crippen molar-refractivity contribution in [2.75, 3.05) is 31.6 Å². The molecule has 1 unspecified atom stereocenters. The topological polar surface area (TPSA) is 77.0 Å². The lowest BCUT2D eigenvalue weighted by Crippen LogP contribution is -2.40. The van der Waals surface area contributed by atoms with E-state index in [0.717, 1.165) is 35.3 Å². The number of aliphatic imine (C=N–C) groups is 1. The predicted octanol–water partition coefficient (Wildman–Crippen LogP) is 4.09. The summed E-state index contributed by atoms with van der Waals surface area (Å²) in [4.78, 5) is 19.6. The summed E-state index contributed by atoms with van der Waals surface area (Å²) >= 11 is 1.60. The van der Waals surface area contributed by atoms with Gasteiger partial charge in [0.05, 0.1) is 0 Å². The number of benzene rings is 2. The summed E-state index contributed by atoms with van der Waals surface area (Å²) in [5.41, 5.74) is 2.30. The largest absolute Gasteiger partial charge is 0.386 e. The number of rotatable bonds is 7. The summed E-state index contributed by atoms with van der Waals surface area (Å²) < 4.78 is 1.17. The molecule has 3 N–H and O–H groups in total. The van der Waals surface area contributed by atoms with E-state index >= 15 is 0 Å². The van der Waals surface area contributed by atoms with Crippen molar-refractivity contribution in [3.05, 3.63) is 65.0 Å². The first kappa shape index (κ1) is 24.5. The van der Waals surface area contributed by atoms with Crippen LogP contribution in [0.2, 0.25) is 0 Å². The molecule has 8 heteroatoms. The third kappa shape index (κ3) is 5.79. The van der Waals surface area contributed by atoms with Crippen LogP contribution in [0.3, 0.4) is 0 Å². The Morgan fingerprint density at radius 3 is 2.78 bits per heavy atom. The molecular weight excluding hydrogens is 535 g/mol. The van der Waals surface area contributed by atoms with E-state index in [9.17, 15) is 9.90 Å². The van der Waals surface area contributed by atoms with Crippen molar-refractivity contribution in [3.63, 3.8) is 0 Å². The number of amides is 1. The maximum Gasteiger partial charge on any atom is 0.227 e. The Hall–Kier alpha value is -2.17. The summed E-state index contributed by atoms with van der Waals surface area (Å²) in [5.74, 6) is 0.786. The second-order valence-electron chi connectivity index (χ2n) is 7.61. The number of carbonyl (C=O) groups excluding carboxylic acids is 1. The summed E-state index contributed by atoms with van der Waals surface area (Å²) in [6, 6.07) is 18.3. The Balaban J connectivity index is 0.00000289. The molecule has 0 saturated carbocycles. The van der Waals surface area contributed by atoms with Crippen molar-refractivity contribution >= 4 is 63.0 Å². The molecule has 0 bridgehead atoms. The maximum absolute atomic E-state index is 12.6. The van der Waals surface area contributed by atoms with Gasteiger partial charge in [-0.2, -0.15) is 0 Å². The van der Waals surface area contributed by atoms with Crippen LogP contribution in [-0.2, 0) is 11.2 Å². The van der Waals surface area contributed by atoms with Gasteiger partial charge in [-0.1, -0.05) is 36.4 Å². The zero-order valence-corrected chi connectivity index (χ0v) is 21.2. The van der Waals surface area contributed by atoms with Crippen LogP contribution in [0.25, 0.3) is 10.1 Å². The average molecular weight is 564 g/mol. The quantitative estimate of drug-likeness (QED) is 0.175. The number of anilines is 1. The van der Waals surface area contributed by atoms with E-state index in [1.54, 1.807) is 18.4 Å². The lowest BCUT2D eigenvalue weighted by atomic mass is 10.2. The molecule has 2 heterocycles. The number of halogens is 1. The number of carbonyl (C=O) groups is 1. The molecule has 4 rings (SSSR count). The van der Waals surface area contributed by atoms with Gasteiger partial charge in [-0.05, 0) is 42.0 Å². The van der Waals surface area contributed by atoms with E-state index in [2.05, 4.69) is 33.8 Å². The van der Waals surface area contributed by atoms with Crippen LogP contribution in [0, 0.1) is 0 Å². The fraction of sp³-hybridized carbons (Fsp3) is 0.333. The van der Waals surface area contributed by atoms with Crippen LogP contribution in [0.4, 0.5) is 5.69 Å². The van der Waals surface area contributed by atoms with Gasteiger partial charge in [0.1, 0.15) is 6.10 Å². The van der Waals surface area contributed by atoms with Crippen molar-refractivity contribution in [1.29, 1.82) is 0 Å². The molecule has 0 saturated heterocycles. The van der Waals surface area contributed by atoms with Gasteiger partial charge in [0.2, 0.25) is 5.91 Å². The summed E-state index contributed by atoms with van der Waals surface area (Å²) in [6.45, 7) is 1.78. The molecule has 0 aliphatic carbocycles. The minimum Gasteiger partial charge on any atom is -0.386 e. The molecular formula is C24H29IN4O2S. The standard InChI is InChI=1S/C24H28N4O2S.HI/c1-25-24(27-16-20(29)22-15-18-8-3-5-10-21(18)31-22)26-13-6-11-23(30)28-14-12-17-7-2-4-9-19(17)28;/h2-5,7-10,15,20,29H,6,11-14,16H2,1H3,(H2,25,26,27);1H. The highest BCUT2D eigenvalue weighted by Crippen LogP contribution is 2.29. The number of fused-ring (bicyclic) bond motifs is 2. The first-order chi connectivity index (χ1) is 15.2. The highest BCUT2D eigenvalue weighted by atomic mass is 127. The Kier molecular flexibility index (Phi) is 8.89. The van der Waals surface area contributed by atoms with Crippen LogP contribution in [0.1, 0.15) is 29.4 Å². The third-order valence-corrected chi connectivity index (χ3v) is 6.72. The summed E-state index contributed by atoms with van der Waals surface area (Å²) in [6.07, 6.45) is 1.53. The van der Waals surface area contributed by atoms with Gasteiger partial charge in [-0.3, -0.25) is 9.79 Å². The van der Waals surface area contributed by atoms with Crippen molar-refractivity contribution in [3.8, 4) is 0 Å². The second kappa shape index (κ2) is 11.6. The molecule has 1 aliphatic rings. The first-order valence-corrected chi connectivity index (χ1v) is 11.5. The Bertz CT molecular complexity index is 1050. The fourth-order valence-electron chi connectivity index (χ4n) is 3.86. The number of guanidine groups is 1. The number of hydrogen-bond acceptors (Lipinski definition) is 4. The van der Waals surface area contributed by atoms with Crippen LogP contribution in [0.15, 0.2) is 59.6 Å². The highest BCUT2D eigenvalue weighted by molar-refractivity contribution is 14.0. The number of thiophene rings is 1. The smallest absolute Gasteiger partial charge is 0.227 e. The van der Waals surface area contributed by atoms with Gasteiger partial charge in [0, 0.05) is 48.4 Å². The number of aliphatic hydroxyl groups excluding tert-OH is 1. The molecule has 6 nitrogen and oxygen atoms in total. The molecule has 1 aromatic heterocycles. The van der Waals surface area contributed by atoms with Crippen LogP contribution in [0.5, 0.6) is 0 Å². The van der Waals surface area contributed by atoms with Crippen LogP contribution >= 0.6 is 35.3 Å². The number of nitrogens with zero attached hydrogens (tertiary/aromatic N) is 2. The van der Waals surface area contributed by atoms with Crippen molar-refractivity contribution in [2.24, 2.45) is 4.99 Å². The van der Waals surface area contributed by atoms with E-state index in [1.807, 2.05) is 41.3 Å². The zero-order valence-electron chi connectivity index (χ0n) is 18.1. The normalized spacial score (nSPS) is 14.1. The zero-order chi connectivity index (χ0) is 21.6. The van der Waals surface area contributed by atoms with Gasteiger partial charge in [-0.25, -0.2) is 0 Å². The monoisotopic (exact) mass is 564 g/mol. The lowest BCUT2D eigenvalue weighted by Gasteiger charge is -2.18. The third-order valence-electron chi connectivity index (χ3n) is 5.51. The minimum absolute atomic E-state index is 0. The maximum atomic E-state index is 12.6. The van der Waals surface area contributed by atoms with E-state index in [-0.39, 0.29) is 29.9 Å². The van der Waals surface area contributed by atoms with E-state index < -0.39 is 6.10 Å². The second-order valence-corrected chi connectivity index (χ2v) is 8.73. The first-order valence-electron chi connectivity index (χ1n) is 10.6. The average Bonchev–Trinajstić information content (AvgIpc) is 3.42. The fourth-order valence-corrected chi connectivity index (χ4v) is 4.91. The molecule has 0 fully saturated rings. The lowest BCUT2D eigenvalue weighted by molar-refractivity contribution is -0.118. The highest BCUT2D eigenvalue weighted by Gasteiger charge is 2.23. The molecule has 1 aliphatic heterocycles. The van der Waals surface area contributed by atoms with E-state index in [1.165, 1.54) is 10.3 Å². The van der Waals surface area contributed by atoms with Crippen LogP contribution in [-0.4, -0.2) is 43.7 Å². The van der Waals surface area contributed by atoms with Gasteiger partial charge >= 0.3 is 0 Å². The van der Waals surface area contributed by atoms with Gasteiger partial charge in [-0.15, -0.1) is 35.3 Å². The summed E-state index contributed by atoms with van der Waals surface area (Å²) in [7, 11) is 1.70. The SMILES string of the molecule is CN=C(NCCCC(=O)N1CCc2ccccc21)NCC(O)c1cc2ccccc2s1.I. The Labute approximate surface area is 209 Å². The predicted molar refractivity (Wildman–Crippen MR) is 143 cm³/mol. The molecule has 1 amide bonds. The Morgan fingerprint density at radius 1 is 1.19 bits per heavy atom. The number of aliphatic hydroxyl groups is 1. The number of nitrogens with one attached hydrogen (secondary N) is 2. The van der Waals surface area contributed by atoms with Crippen LogP contribution < -0.4 is 15.5 Å². The summed E-state index contributed by atoms with van der Waals surface area (Å²) in [5, 5.41) is 18.1. The minimum atomic E-state index is -0.604. The van der Waals surface area contributed by atoms with Crippen molar-refractivity contribution in [2.45, 2.75) is 25.4 Å². The Morgan fingerprint density at radius 2 is 1.97 bits per heavy atom. The van der Waals surface area contributed by atoms with Gasteiger partial charge in [0.15, 0.2) is 5.96 Å². The molecule has 3 aromatic rings.